The van der Waals surface area contributed by atoms with E-state index < -0.39 is 36.3 Å². The molecule has 2 aliphatic heterocycles. The molecule has 0 spiro atoms. The van der Waals surface area contributed by atoms with E-state index in [0.717, 1.165) is 11.1 Å². The van der Waals surface area contributed by atoms with Crippen LogP contribution in [-0.4, -0.2) is 83.7 Å². The van der Waals surface area contributed by atoms with Gasteiger partial charge in [0.05, 0.1) is 49.2 Å². The number of rotatable bonds is 11. The lowest BCUT2D eigenvalue weighted by Crippen LogP contribution is -2.57. The van der Waals surface area contributed by atoms with Gasteiger partial charge in [-0.1, -0.05) is 24.3 Å². The number of fused-ring (bicyclic) bond motifs is 3. The van der Waals surface area contributed by atoms with Gasteiger partial charge in [-0.05, 0) is 99.7 Å². The highest BCUT2D eigenvalue weighted by molar-refractivity contribution is 5.96. The van der Waals surface area contributed by atoms with Gasteiger partial charge in [0.1, 0.15) is 34.3 Å². The molecule has 16 heteroatoms. The Hall–Kier alpha value is -6.37. The van der Waals surface area contributed by atoms with Crippen LogP contribution in [0.4, 0.5) is 34.0 Å². The van der Waals surface area contributed by atoms with Crippen molar-refractivity contribution < 1.29 is 41.3 Å². The summed E-state index contributed by atoms with van der Waals surface area (Å²) in [5.74, 6) is 0.989. The summed E-state index contributed by atoms with van der Waals surface area (Å²) in [5, 5.41) is 10.7. The molecule has 0 aliphatic carbocycles. The Kier molecular flexibility index (Phi) is 11.6. The first-order chi connectivity index (χ1) is 28.5. The largest absolute Gasteiger partial charge is 0.497 e. The van der Waals surface area contributed by atoms with Crippen molar-refractivity contribution in [2.75, 3.05) is 43.7 Å². The summed E-state index contributed by atoms with van der Waals surface area (Å²) in [4.78, 5) is 32.2. The van der Waals surface area contributed by atoms with Gasteiger partial charge in [0.2, 0.25) is 0 Å². The van der Waals surface area contributed by atoms with Crippen LogP contribution >= 0.6 is 0 Å². The Bertz CT molecular complexity index is 2350. The third kappa shape index (κ3) is 9.25. The first-order valence-corrected chi connectivity index (χ1v) is 19.4. The van der Waals surface area contributed by atoms with E-state index in [1.807, 2.05) is 66.4 Å². The molecule has 5 aromatic rings. The summed E-state index contributed by atoms with van der Waals surface area (Å²) < 4.78 is 79.0. The van der Waals surface area contributed by atoms with E-state index in [2.05, 4.69) is 16.0 Å². The van der Waals surface area contributed by atoms with Crippen LogP contribution in [0.25, 0.3) is 22.2 Å². The van der Waals surface area contributed by atoms with Crippen LogP contribution in [0.15, 0.2) is 66.7 Å². The number of pyridine rings is 1. The van der Waals surface area contributed by atoms with Crippen molar-refractivity contribution >= 4 is 28.6 Å². The molecule has 4 heterocycles. The molecule has 12 nitrogen and oxygen atoms in total. The zero-order valence-corrected chi connectivity index (χ0v) is 34.1. The number of benzene rings is 3. The number of carbonyl (C=O) groups excluding carboxylic acids is 1. The fourth-order valence-corrected chi connectivity index (χ4v) is 7.73. The minimum atomic E-state index is -4.73. The van der Waals surface area contributed by atoms with Crippen molar-refractivity contribution in [3.63, 3.8) is 0 Å². The van der Waals surface area contributed by atoms with Gasteiger partial charge in [-0.25, -0.2) is 14.2 Å². The van der Waals surface area contributed by atoms with E-state index >= 15 is 4.39 Å². The molecule has 0 radical (unpaired) electrons. The summed E-state index contributed by atoms with van der Waals surface area (Å²) in [6, 6.07) is 20.9. The normalized spacial score (nSPS) is 16.4. The number of piperazine rings is 1. The molecule has 3 aromatic carbocycles. The third-order valence-corrected chi connectivity index (χ3v) is 10.4. The molecule has 2 saturated heterocycles. The van der Waals surface area contributed by atoms with Crippen molar-refractivity contribution in [2.24, 2.45) is 0 Å². The molecule has 314 valence electrons. The number of alkyl halides is 3. The lowest BCUT2D eigenvalue weighted by molar-refractivity contribution is -0.154. The van der Waals surface area contributed by atoms with Crippen LogP contribution in [0.1, 0.15) is 55.9 Å². The van der Waals surface area contributed by atoms with Crippen molar-refractivity contribution in [2.45, 2.75) is 77.5 Å². The van der Waals surface area contributed by atoms with E-state index in [1.165, 1.54) is 6.07 Å². The molecule has 1 amide bonds. The smallest absolute Gasteiger partial charge is 0.422 e. The number of ether oxygens (including phenoxy) is 4. The Labute approximate surface area is 345 Å². The zero-order chi connectivity index (χ0) is 42.9. The molecule has 0 saturated carbocycles. The predicted molar refractivity (Wildman–Crippen MR) is 217 cm³/mol. The maximum absolute atomic E-state index is 17.3. The Morgan fingerprint density at radius 1 is 0.883 bits per heavy atom. The molecule has 2 atom stereocenters. The second-order valence-electron chi connectivity index (χ2n) is 16.0. The van der Waals surface area contributed by atoms with Crippen LogP contribution in [0.5, 0.6) is 17.5 Å². The van der Waals surface area contributed by atoms with Crippen LogP contribution in [-0.2, 0) is 17.8 Å². The third-order valence-electron chi connectivity index (χ3n) is 10.4. The quantitative estimate of drug-likeness (QED) is 0.119. The second-order valence-corrected chi connectivity index (χ2v) is 16.0. The SMILES string of the molecule is COc1ccc(CN(Cc2ccc(OC)cc2)c2cc(C)cc(-c3c(C#N)cc4c(N5C[C@H]6CC[C@@H](C5)N6C(=O)OC(C)(C)C)nc(OCC(F)(F)F)nc4c3F)n2)cc1. The van der Waals surface area contributed by atoms with E-state index in [9.17, 15) is 23.2 Å². The molecule has 2 aliphatic rings. The minimum absolute atomic E-state index is 0.0786. The van der Waals surface area contributed by atoms with Crippen LogP contribution in [0.3, 0.4) is 0 Å². The van der Waals surface area contributed by atoms with Crippen molar-refractivity contribution in [3.8, 4) is 34.8 Å². The first-order valence-electron chi connectivity index (χ1n) is 19.4. The highest BCUT2D eigenvalue weighted by atomic mass is 19.4. The lowest BCUT2D eigenvalue weighted by atomic mass is 9.99. The summed E-state index contributed by atoms with van der Waals surface area (Å²) in [7, 11) is 3.18. The molecule has 7 rings (SSSR count). The van der Waals surface area contributed by atoms with Gasteiger partial charge in [0, 0.05) is 31.6 Å². The number of nitriles is 1. The molecule has 2 fully saturated rings. The van der Waals surface area contributed by atoms with Gasteiger partial charge in [-0.3, -0.25) is 4.90 Å². The second kappa shape index (κ2) is 16.7. The molecule has 60 heavy (non-hydrogen) atoms. The first kappa shape index (κ1) is 41.8. The summed E-state index contributed by atoms with van der Waals surface area (Å²) in [6.07, 6.45) is -3.89. The van der Waals surface area contributed by atoms with Gasteiger partial charge >= 0.3 is 18.3 Å². The molecular weight excluding hydrogens is 783 g/mol. The topological polar surface area (TPSA) is 126 Å². The molecule has 2 aromatic heterocycles. The number of hydrogen-bond donors (Lipinski definition) is 0. The van der Waals surface area contributed by atoms with Gasteiger partial charge < -0.3 is 28.7 Å². The van der Waals surface area contributed by atoms with Gasteiger partial charge in [-0.2, -0.15) is 28.4 Å². The number of halogens is 4. The maximum atomic E-state index is 17.3. The average Bonchev–Trinajstić information content (AvgIpc) is 3.48. The van der Waals surface area contributed by atoms with E-state index in [0.29, 0.717) is 48.8 Å². The number of aromatic nitrogens is 3. The number of carbonyl (C=O) groups is 1. The number of anilines is 2. The Morgan fingerprint density at radius 2 is 1.47 bits per heavy atom. The Balaban J connectivity index is 1.32. The van der Waals surface area contributed by atoms with Crippen LogP contribution in [0.2, 0.25) is 0 Å². The Morgan fingerprint density at radius 3 is 1.98 bits per heavy atom. The van der Waals surface area contributed by atoms with Crippen molar-refractivity contribution in [1.82, 2.24) is 19.9 Å². The van der Waals surface area contributed by atoms with E-state index in [-0.39, 0.29) is 58.7 Å². The number of amides is 1. The molecule has 0 unspecified atom stereocenters. The zero-order valence-electron chi connectivity index (χ0n) is 34.1. The molecule has 0 N–H and O–H groups in total. The van der Waals surface area contributed by atoms with Gasteiger partial charge in [0.15, 0.2) is 12.4 Å². The fourth-order valence-electron chi connectivity index (χ4n) is 7.73. The number of methoxy groups -OCH3 is 2. The minimum Gasteiger partial charge on any atom is -0.497 e. The van der Waals surface area contributed by atoms with Crippen LogP contribution in [0, 0.1) is 24.1 Å². The number of nitrogens with zero attached hydrogens (tertiary/aromatic N) is 7. The van der Waals surface area contributed by atoms with Gasteiger partial charge in [0.25, 0.3) is 0 Å². The van der Waals surface area contributed by atoms with Crippen molar-refractivity contribution in [1.29, 1.82) is 5.26 Å². The average molecular weight is 828 g/mol. The number of aryl methyl sites for hydroxylation is 1. The van der Waals surface area contributed by atoms with Crippen LogP contribution < -0.4 is 24.0 Å². The highest BCUT2D eigenvalue weighted by Crippen LogP contribution is 2.40. The standard InChI is InChI=1S/C44H45F4N7O5/c1-26-17-35(50-36(18-26)53(21-27-7-13-32(57-5)14-8-27)22-28-9-15-33(58-6)16-10-28)37-29(20-49)19-34-39(38(37)45)51-41(59-25-44(46,47)48)52-40(34)54-23-30-11-12-31(24-54)55(30)42(56)60-43(2,3)4/h7-10,13-19,30-31H,11-12,21-25H2,1-6H3/t30-,31+. The molecular formula is C44H45F4N7O5. The maximum Gasteiger partial charge on any atom is 0.422 e. The lowest BCUT2D eigenvalue weighted by Gasteiger charge is -2.42. The van der Waals surface area contributed by atoms with Crippen molar-refractivity contribution in [3.05, 3.63) is 94.8 Å². The van der Waals surface area contributed by atoms with E-state index in [1.54, 1.807) is 50.9 Å². The summed E-state index contributed by atoms with van der Waals surface area (Å²) in [6.45, 7) is 6.72. The monoisotopic (exact) mass is 827 g/mol. The highest BCUT2D eigenvalue weighted by Gasteiger charge is 2.45. The number of hydrogen-bond acceptors (Lipinski definition) is 11. The van der Waals surface area contributed by atoms with Gasteiger partial charge in [-0.15, -0.1) is 0 Å². The molecule has 2 bridgehead atoms. The fraction of sp³-hybridized carbons (Fsp3) is 0.386. The van der Waals surface area contributed by atoms with E-state index in [4.69, 9.17) is 23.9 Å². The summed E-state index contributed by atoms with van der Waals surface area (Å²) in [5.41, 5.74) is 1.41. The summed E-state index contributed by atoms with van der Waals surface area (Å²) >= 11 is 0. The predicted octanol–water partition coefficient (Wildman–Crippen LogP) is 8.76.